The van der Waals surface area contributed by atoms with Crippen LogP contribution < -0.4 is 0 Å². The number of hydrogen-bond donors (Lipinski definition) is 0. The molecule has 73 valence electrons. The molecule has 0 saturated heterocycles. The lowest BCUT2D eigenvalue weighted by Gasteiger charge is -2.07. The van der Waals surface area contributed by atoms with E-state index in [0.29, 0.717) is 0 Å². The van der Waals surface area contributed by atoms with E-state index in [0.717, 1.165) is 0 Å². The first-order chi connectivity index (χ1) is 7.42. The van der Waals surface area contributed by atoms with Crippen molar-refractivity contribution in [2.24, 2.45) is 0 Å². The Morgan fingerprint density at radius 2 is 1.27 bits per heavy atom. The van der Waals surface area contributed by atoms with Crippen LogP contribution in [-0.2, 0) is 5.11 Å². The van der Waals surface area contributed by atoms with Gasteiger partial charge in [0.05, 0.1) is 6.61 Å². The van der Waals surface area contributed by atoms with Gasteiger partial charge in [0.15, 0.2) is 0 Å². The van der Waals surface area contributed by atoms with Gasteiger partial charge in [-0.3, -0.25) is 0 Å². The monoisotopic (exact) mass is 195 g/mol. The molecule has 0 bridgehead atoms. The second-order valence-corrected chi connectivity index (χ2v) is 3.89. The van der Waals surface area contributed by atoms with Gasteiger partial charge >= 0.3 is 0 Å². The second kappa shape index (κ2) is 3.21. The molecule has 1 heteroatoms. The summed E-state index contributed by atoms with van der Waals surface area (Å²) in [5.41, 5.74) is 4.84. The third kappa shape index (κ3) is 1.13. The lowest BCUT2D eigenvalue weighted by molar-refractivity contribution is 0.184. The molecule has 1 aliphatic rings. The summed E-state index contributed by atoms with van der Waals surface area (Å²) >= 11 is 0. The highest BCUT2D eigenvalue weighted by Gasteiger charge is 2.27. The molecule has 0 amide bonds. The molecule has 0 unspecified atom stereocenters. The molecule has 0 spiro atoms. The predicted octanol–water partition coefficient (Wildman–Crippen LogP) is 3.23. The summed E-state index contributed by atoms with van der Waals surface area (Å²) in [7, 11) is 0. The zero-order chi connectivity index (χ0) is 10.3. The normalized spacial score (nSPS) is 13.7. The molecule has 0 N–H and O–H groups in total. The van der Waals surface area contributed by atoms with Crippen LogP contribution in [0, 0.1) is 0 Å². The fraction of sp³-hybridized carbons (Fsp3) is 0.143. The Hall–Kier alpha value is -1.60. The average molecular weight is 195 g/mol. The van der Waals surface area contributed by atoms with Crippen LogP contribution in [0.4, 0.5) is 0 Å². The van der Waals surface area contributed by atoms with Crippen molar-refractivity contribution in [1.29, 1.82) is 0 Å². The lowest BCUT2D eigenvalue weighted by atomic mass is 9.98. The maximum Gasteiger partial charge on any atom is 0.0931 e. The summed E-state index contributed by atoms with van der Waals surface area (Å²) < 4.78 is 0. The van der Waals surface area contributed by atoms with Crippen molar-refractivity contribution in [3.8, 4) is 11.1 Å². The van der Waals surface area contributed by atoms with Gasteiger partial charge in [0.25, 0.3) is 0 Å². The van der Waals surface area contributed by atoms with Gasteiger partial charge < -0.3 is 0 Å². The molecule has 1 radical (unpaired) electrons. The topological polar surface area (TPSA) is 19.9 Å². The van der Waals surface area contributed by atoms with Crippen LogP contribution >= 0.6 is 0 Å². The Kier molecular flexibility index (Phi) is 1.86. The molecule has 0 heterocycles. The minimum absolute atomic E-state index is 0.0531. The van der Waals surface area contributed by atoms with Gasteiger partial charge in [-0.15, -0.1) is 0 Å². The predicted molar refractivity (Wildman–Crippen MR) is 59.3 cm³/mol. The maximum atomic E-state index is 11.3. The summed E-state index contributed by atoms with van der Waals surface area (Å²) in [6.45, 7) is -0.0615. The van der Waals surface area contributed by atoms with E-state index in [1.165, 1.54) is 22.3 Å². The van der Waals surface area contributed by atoms with Crippen molar-refractivity contribution >= 4 is 0 Å². The van der Waals surface area contributed by atoms with Gasteiger partial charge in [0.1, 0.15) is 0 Å². The van der Waals surface area contributed by atoms with Crippen LogP contribution in [0.15, 0.2) is 48.5 Å². The number of benzene rings is 2. The fourth-order valence-corrected chi connectivity index (χ4v) is 2.44. The highest BCUT2D eigenvalue weighted by Crippen LogP contribution is 2.43. The molecule has 2 aromatic carbocycles. The summed E-state index contributed by atoms with van der Waals surface area (Å²) in [6.07, 6.45) is 0. The number of hydrogen-bond acceptors (Lipinski definition) is 0. The first-order valence-electron chi connectivity index (χ1n) is 5.18. The van der Waals surface area contributed by atoms with Crippen molar-refractivity contribution in [3.63, 3.8) is 0 Å². The Balaban J connectivity index is 2.31. The van der Waals surface area contributed by atoms with Crippen LogP contribution in [0.1, 0.15) is 17.0 Å². The second-order valence-electron chi connectivity index (χ2n) is 3.89. The lowest BCUT2D eigenvalue weighted by Crippen LogP contribution is -2.00. The SMILES string of the molecule is [O]CC1c2ccccc2-c2ccccc21. The third-order valence-corrected chi connectivity index (χ3v) is 3.13. The maximum absolute atomic E-state index is 11.3. The molecule has 3 rings (SSSR count). The zero-order valence-corrected chi connectivity index (χ0v) is 8.31. The molecular weight excluding hydrogens is 184 g/mol. The number of rotatable bonds is 1. The van der Waals surface area contributed by atoms with Gasteiger partial charge in [-0.25, -0.2) is 5.11 Å². The first kappa shape index (κ1) is 8.69. The van der Waals surface area contributed by atoms with Gasteiger partial charge in [0.2, 0.25) is 0 Å². The summed E-state index contributed by atoms with van der Waals surface area (Å²) in [5.74, 6) is 0.0531. The van der Waals surface area contributed by atoms with E-state index in [9.17, 15) is 5.11 Å². The van der Waals surface area contributed by atoms with E-state index >= 15 is 0 Å². The van der Waals surface area contributed by atoms with E-state index in [1.54, 1.807) is 0 Å². The molecule has 0 atom stereocenters. The zero-order valence-electron chi connectivity index (χ0n) is 8.31. The van der Waals surface area contributed by atoms with Crippen molar-refractivity contribution in [2.75, 3.05) is 6.61 Å². The van der Waals surface area contributed by atoms with Crippen molar-refractivity contribution in [2.45, 2.75) is 5.92 Å². The highest BCUT2D eigenvalue weighted by atomic mass is 16.3. The third-order valence-electron chi connectivity index (χ3n) is 3.13. The van der Waals surface area contributed by atoms with Crippen LogP contribution in [0.3, 0.4) is 0 Å². The van der Waals surface area contributed by atoms with Crippen LogP contribution in [-0.4, -0.2) is 6.61 Å². The Labute approximate surface area is 89.0 Å². The molecule has 0 fully saturated rings. The average Bonchev–Trinajstić information content (AvgIpc) is 2.63. The summed E-state index contributed by atoms with van der Waals surface area (Å²) in [5, 5.41) is 11.3. The van der Waals surface area contributed by atoms with Gasteiger partial charge in [-0.2, -0.15) is 0 Å². The molecule has 0 saturated carbocycles. The molecule has 0 aliphatic heterocycles. The van der Waals surface area contributed by atoms with Crippen molar-refractivity contribution < 1.29 is 5.11 Å². The van der Waals surface area contributed by atoms with Gasteiger partial charge in [-0.1, -0.05) is 48.5 Å². The largest absolute Gasteiger partial charge is 0.236 e. The molecule has 1 nitrogen and oxygen atoms in total. The molecule has 15 heavy (non-hydrogen) atoms. The van der Waals surface area contributed by atoms with Crippen LogP contribution in [0.5, 0.6) is 0 Å². The smallest absolute Gasteiger partial charge is 0.0931 e. The van der Waals surface area contributed by atoms with E-state index in [2.05, 4.69) is 24.3 Å². The number of fused-ring (bicyclic) bond motifs is 3. The van der Waals surface area contributed by atoms with Crippen LogP contribution in [0.25, 0.3) is 11.1 Å². The van der Waals surface area contributed by atoms with Gasteiger partial charge in [-0.05, 0) is 22.3 Å². The summed E-state index contributed by atoms with van der Waals surface area (Å²) in [4.78, 5) is 0. The minimum Gasteiger partial charge on any atom is -0.236 e. The van der Waals surface area contributed by atoms with Gasteiger partial charge in [0, 0.05) is 5.92 Å². The Morgan fingerprint density at radius 3 is 1.73 bits per heavy atom. The highest BCUT2D eigenvalue weighted by molar-refractivity contribution is 5.78. The standard InChI is InChI=1S/C14H11O/c15-9-14-12-7-3-1-5-10(12)11-6-2-4-8-13(11)14/h1-8,14H,9H2. The minimum atomic E-state index is -0.0615. The van der Waals surface area contributed by atoms with Crippen molar-refractivity contribution in [3.05, 3.63) is 59.7 Å². The molecule has 2 aromatic rings. The van der Waals surface area contributed by atoms with E-state index < -0.39 is 0 Å². The molecule has 0 aromatic heterocycles. The van der Waals surface area contributed by atoms with E-state index in [1.807, 2.05) is 24.3 Å². The van der Waals surface area contributed by atoms with Crippen LogP contribution in [0.2, 0.25) is 0 Å². The molecular formula is C14H11O. The van der Waals surface area contributed by atoms with E-state index in [-0.39, 0.29) is 12.5 Å². The Morgan fingerprint density at radius 1 is 0.800 bits per heavy atom. The molecule has 1 aliphatic carbocycles. The van der Waals surface area contributed by atoms with Crippen molar-refractivity contribution in [1.82, 2.24) is 0 Å². The van der Waals surface area contributed by atoms with E-state index in [4.69, 9.17) is 0 Å². The summed E-state index contributed by atoms with van der Waals surface area (Å²) in [6, 6.07) is 16.4. The first-order valence-corrected chi connectivity index (χ1v) is 5.18. The fourth-order valence-electron chi connectivity index (χ4n) is 2.44. The quantitative estimate of drug-likeness (QED) is 0.665. The Bertz CT molecular complexity index is 457.